The zero-order valence-electron chi connectivity index (χ0n) is 7.53. The Bertz CT molecular complexity index is 229. The fraction of sp³-hybridized carbons (Fsp3) is 0.667. The number of carbonyl (C=O) groups excluding carboxylic acids is 2. The molecule has 0 spiro atoms. The molecule has 0 aliphatic heterocycles. The summed E-state index contributed by atoms with van der Waals surface area (Å²) in [5.41, 5.74) is 0. The molecule has 1 unspecified atom stereocenters. The summed E-state index contributed by atoms with van der Waals surface area (Å²) in [5.74, 6) is -0.419. The first kappa shape index (κ1) is 13.6. The number of urea groups is 1. The maximum atomic E-state index is 10.9. The molecule has 0 radical (unpaired) electrons. The Balaban J connectivity index is 4.41. The molecule has 0 saturated heterocycles. The first-order valence-electron chi connectivity index (χ1n) is 3.59. The molecule has 0 aliphatic carbocycles. The van der Waals surface area contributed by atoms with Crippen molar-refractivity contribution in [2.45, 2.75) is 16.9 Å². The second-order valence-electron chi connectivity index (χ2n) is 2.40. The molecule has 0 aromatic heterocycles. The van der Waals surface area contributed by atoms with Crippen molar-refractivity contribution in [2.75, 3.05) is 7.05 Å². The van der Waals surface area contributed by atoms with Gasteiger partial charge in [0.25, 0.3) is 0 Å². The number of carbonyl (C=O) groups is 2. The van der Waals surface area contributed by atoms with E-state index in [1.54, 1.807) is 0 Å². The van der Waals surface area contributed by atoms with E-state index in [1.807, 2.05) is 0 Å². The van der Waals surface area contributed by atoms with E-state index in [4.69, 9.17) is 34.8 Å². The van der Waals surface area contributed by atoms with E-state index in [-0.39, 0.29) is 0 Å². The van der Waals surface area contributed by atoms with Crippen molar-refractivity contribution in [1.82, 2.24) is 16.0 Å². The highest BCUT2D eigenvalue weighted by atomic mass is 35.6. The molecule has 0 heterocycles. The Morgan fingerprint density at radius 1 is 1.21 bits per heavy atom. The second kappa shape index (κ2) is 5.48. The van der Waals surface area contributed by atoms with Gasteiger partial charge in [-0.25, -0.2) is 4.79 Å². The summed E-state index contributed by atoms with van der Waals surface area (Å²) in [4.78, 5) is 21.6. The maximum Gasteiger partial charge on any atom is 0.316 e. The predicted octanol–water partition coefficient (Wildman–Crippen LogP) is 0.748. The van der Waals surface area contributed by atoms with E-state index in [9.17, 15) is 9.59 Å². The van der Waals surface area contributed by atoms with Crippen molar-refractivity contribution in [3.05, 3.63) is 0 Å². The van der Waals surface area contributed by atoms with Crippen LogP contribution in [0.3, 0.4) is 0 Å². The number of halogens is 3. The van der Waals surface area contributed by atoms with Crippen LogP contribution in [0.5, 0.6) is 0 Å². The average Bonchev–Trinajstić information content (AvgIpc) is 2.00. The number of hydrogen-bond donors (Lipinski definition) is 3. The molecular formula is C6H10Cl3N3O2. The molecule has 0 aliphatic rings. The molecule has 14 heavy (non-hydrogen) atoms. The number of nitrogens with one attached hydrogen (secondary N) is 3. The van der Waals surface area contributed by atoms with Gasteiger partial charge in [0.05, 0.1) is 0 Å². The molecule has 3 amide bonds. The molecule has 5 nitrogen and oxygen atoms in total. The highest BCUT2D eigenvalue weighted by Gasteiger charge is 2.34. The number of alkyl halides is 3. The smallest absolute Gasteiger partial charge is 0.316 e. The molecule has 0 bridgehead atoms. The van der Waals surface area contributed by atoms with E-state index in [0.717, 1.165) is 0 Å². The topological polar surface area (TPSA) is 70.2 Å². The Morgan fingerprint density at radius 2 is 1.71 bits per heavy atom. The molecule has 0 aromatic carbocycles. The first-order valence-corrected chi connectivity index (χ1v) is 4.73. The monoisotopic (exact) mass is 261 g/mol. The lowest BCUT2D eigenvalue weighted by Crippen LogP contribution is -2.56. The fourth-order valence-electron chi connectivity index (χ4n) is 0.606. The van der Waals surface area contributed by atoms with Gasteiger partial charge in [-0.2, -0.15) is 0 Å². The zero-order chi connectivity index (χ0) is 11.4. The van der Waals surface area contributed by atoms with Crippen molar-refractivity contribution in [1.29, 1.82) is 0 Å². The fourth-order valence-corrected chi connectivity index (χ4v) is 0.934. The third-order valence-electron chi connectivity index (χ3n) is 1.18. The van der Waals surface area contributed by atoms with Crippen LogP contribution in [0.1, 0.15) is 6.92 Å². The van der Waals surface area contributed by atoms with Crippen molar-refractivity contribution in [2.24, 2.45) is 0 Å². The Labute approximate surface area is 96.4 Å². The average molecular weight is 263 g/mol. The lowest BCUT2D eigenvalue weighted by atomic mass is 10.5. The van der Waals surface area contributed by atoms with E-state index in [1.165, 1.54) is 14.0 Å². The summed E-state index contributed by atoms with van der Waals surface area (Å²) in [6, 6.07) is -0.560. The van der Waals surface area contributed by atoms with Gasteiger partial charge in [0.1, 0.15) is 0 Å². The van der Waals surface area contributed by atoms with Gasteiger partial charge in [-0.05, 0) is 0 Å². The quantitative estimate of drug-likeness (QED) is 0.508. The summed E-state index contributed by atoms with van der Waals surface area (Å²) in [6.07, 6.45) is -1.08. The number of rotatable bonds is 2. The van der Waals surface area contributed by atoms with Crippen LogP contribution in [0.2, 0.25) is 0 Å². The minimum absolute atomic E-state index is 0.419. The third-order valence-corrected chi connectivity index (χ3v) is 1.83. The number of amides is 3. The standard InChI is InChI=1S/C6H10Cl3N3O2/c1-3(13)11-4(6(7,8)9)12-5(14)10-2/h4H,1-2H3,(H,11,13)(H2,10,12,14). The largest absolute Gasteiger partial charge is 0.341 e. The molecule has 3 N–H and O–H groups in total. The summed E-state index contributed by atoms with van der Waals surface area (Å²) in [5, 5.41) is 6.80. The molecule has 82 valence electrons. The molecule has 0 rings (SSSR count). The van der Waals surface area contributed by atoms with Gasteiger partial charge in [-0.1, -0.05) is 34.8 Å². The van der Waals surface area contributed by atoms with E-state index < -0.39 is 21.9 Å². The second-order valence-corrected chi connectivity index (χ2v) is 4.77. The van der Waals surface area contributed by atoms with Crippen LogP contribution in [-0.4, -0.2) is 28.9 Å². The highest BCUT2D eigenvalue weighted by molar-refractivity contribution is 6.68. The third kappa shape index (κ3) is 5.36. The Kier molecular flexibility index (Phi) is 5.33. The predicted molar refractivity (Wildman–Crippen MR) is 55.5 cm³/mol. The molecular weight excluding hydrogens is 252 g/mol. The molecule has 0 aromatic rings. The van der Waals surface area contributed by atoms with Gasteiger partial charge < -0.3 is 16.0 Å². The van der Waals surface area contributed by atoms with E-state index >= 15 is 0 Å². The normalized spacial score (nSPS) is 12.9. The van der Waals surface area contributed by atoms with Crippen molar-refractivity contribution >= 4 is 46.7 Å². The minimum Gasteiger partial charge on any atom is -0.341 e. The van der Waals surface area contributed by atoms with Crippen LogP contribution in [-0.2, 0) is 4.79 Å². The zero-order valence-corrected chi connectivity index (χ0v) is 9.80. The van der Waals surface area contributed by atoms with Crippen molar-refractivity contribution < 1.29 is 9.59 Å². The molecule has 0 saturated carbocycles. The highest BCUT2D eigenvalue weighted by Crippen LogP contribution is 2.28. The van der Waals surface area contributed by atoms with Crippen molar-refractivity contribution in [3.63, 3.8) is 0 Å². The van der Waals surface area contributed by atoms with Crippen LogP contribution in [0.4, 0.5) is 4.79 Å². The van der Waals surface area contributed by atoms with Crippen LogP contribution in [0.25, 0.3) is 0 Å². The van der Waals surface area contributed by atoms with Crippen LogP contribution < -0.4 is 16.0 Å². The van der Waals surface area contributed by atoms with Gasteiger partial charge in [0.15, 0.2) is 6.17 Å². The van der Waals surface area contributed by atoms with Gasteiger partial charge in [0, 0.05) is 14.0 Å². The van der Waals surface area contributed by atoms with Gasteiger partial charge in [0.2, 0.25) is 9.70 Å². The lowest BCUT2D eigenvalue weighted by Gasteiger charge is -2.25. The molecule has 1 atom stereocenters. The first-order chi connectivity index (χ1) is 6.27. The molecule has 0 fully saturated rings. The summed E-state index contributed by atoms with van der Waals surface area (Å²) in [7, 11) is 1.40. The molecule has 8 heteroatoms. The minimum atomic E-state index is -1.81. The Hall–Kier alpha value is -0.390. The number of hydrogen-bond acceptors (Lipinski definition) is 2. The van der Waals surface area contributed by atoms with Gasteiger partial charge in [-0.3, -0.25) is 4.79 Å². The van der Waals surface area contributed by atoms with Crippen molar-refractivity contribution in [3.8, 4) is 0 Å². The van der Waals surface area contributed by atoms with Crippen LogP contribution in [0, 0.1) is 0 Å². The lowest BCUT2D eigenvalue weighted by molar-refractivity contribution is -0.119. The van der Waals surface area contributed by atoms with E-state index in [0.29, 0.717) is 0 Å². The Morgan fingerprint density at radius 3 is 2.00 bits per heavy atom. The summed E-state index contributed by atoms with van der Waals surface area (Å²) >= 11 is 16.6. The van der Waals surface area contributed by atoms with Gasteiger partial charge >= 0.3 is 6.03 Å². The summed E-state index contributed by atoms with van der Waals surface area (Å²) in [6.45, 7) is 1.24. The maximum absolute atomic E-state index is 10.9. The van der Waals surface area contributed by atoms with Gasteiger partial charge in [-0.15, -0.1) is 0 Å². The van der Waals surface area contributed by atoms with E-state index in [2.05, 4.69) is 16.0 Å². The van der Waals surface area contributed by atoms with Crippen LogP contribution >= 0.6 is 34.8 Å². The van der Waals surface area contributed by atoms with Crippen LogP contribution in [0.15, 0.2) is 0 Å². The summed E-state index contributed by atoms with van der Waals surface area (Å²) < 4.78 is -1.81. The SMILES string of the molecule is CNC(=O)NC(NC(C)=O)C(Cl)(Cl)Cl.